The van der Waals surface area contributed by atoms with Crippen LogP contribution in [-0.4, -0.2) is 19.4 Å². The highest BCUT2D eigenvalue weighted by atomic mass is 32.2. The molecule has 4 nitrogen and oxygen atoms in total. The molecule has 0 unspecified atom stereocenters. The third-order valence-electron chi connectivity index (χ3n) is 3.31. The van der Waals surface area contributed by atoms with E-state index in [-0.39, 0.29) is 0 Å². The maximum atomic E-state index is 4.70. The van der Waals surface area contributed by atoms with Crippen molar-refractivity contribution in [2.75, 3.05) is 0 Å². The van der Waals surface area contributed by atoms with Crippen LogP contribution >= 0.6 is 23.1 Å². The minimum absolute atomic E-state index is 0.809. The van der Waals surface area contributed by atoms with Gasteiger partial charge in [0.1, 0.15) is 21.8 Å². The molecule has 0 spiro atoms. The Morgan fingerprint density at radius 3 is 3.14 bits per heavy atom. The molecule has 0 atom stereocenters. The average Bonchev–Trinajstić information content (AvgIpc) is 3.12. The molecule has 0 aliphatic rings. The smallest absolute Gasteiger partial charge is 0.139 e. The van der Waals surface area contributed by atoms with Crippen LogP contribution in [0.3, 0.4) is 0 Å². The number of fused-ring (bicyclic) bond motifs is 2. The van der Waals surface area contributed by atoms with Gasteiger partial charge in [0.25, 0.3) is 0 Å². The van der Waals surface area contributed by atoms with E-state index in [1.165, 1.54) is 5.56 Å². The summed E-state index contributed by atoms with van der Waals surface area (Å²) >= 11 is 3.35. The highest BCUT2D eigenvalue weighted by Crippen LogP contribution is 2.29. The van der Waals surface area contributed by atoms with E-state index in [9.17, 15) is 0 Å². The molecule has 0 bridgehead atoms. The fraction of sp³-hybridized carbons (Fsp3) is 0.133. The SMILES string of the molecule is Cc1cccn2cc(CSc3ncnc4sccc34)nc12. The summed E-state index contributed by atoms with van der Waals surface area (Å²) in [5.41, 5.74) is 3.28. The molecule has 0 amide bonds. The summed E-state index contributed by atoms with van der Waals surface area (Å²) < 4.78 is 2.07. The Morgan fingerprint density at radius 1 is 1.29 bits per heavy atom. The van der Waals surface area contributed by atoms with E-state index in [1.54, 1.807) is 29.4 Å². The minimum atomic E-state index is 0.809. The first-order valence-electron chi connectivity index (χ1n) is 6.55. The Bertz CT molecular complexity index is 926. The average molecular weight is 312 g/mol. The van der Waals surface area contributed by atoms with Gasteiger partial charge in [-0.2, -0.15) is 0 Å². The van der Waals surface area contributed by atoms with Crippen LogP contribution in [0.15, 0.2) is 47.3 Å². The molecule has 4 rings (SSSR count). The Hall–Kier alpha value is -1.92. The Kier molecular flexibility index (Phi) is 3.12. The van der Waals surface area contributed by atoms with Gasteiger partial charge < -0.3 is 4.40 Å². The maximum absolute atomic E-state index is 4.70. The maximum Gasteiger partial charge on any atom is 0.139 e. The van der Waals surface area contributed by atoms with Crippen molar-refractivity contribution in [1.82, 2.24) is 19.4 Å². The third kappa shape index (κ3) is 2.30. The van der Waals surface area contributed by atoms with Gasteiger partial charge in [0.2, 0.25) is 0 Å². The standard InChI is InChI=1S/C15H12N4S2/c1-10-3-2-5-19-7-11(18-13(10)19)8-21-15-12-4-6-20-14(12)16-9-17-15/h2-7,9H,8H2,1H3. The van der Waals surface area contributed by atoms with Crippen molar-refractivity contribution in [2.45, 2.75) is 17.7 Å². The van der Waals surface area contributed by atoms with Crippen LogP contribution in [0.2, 0.25) is 0 Å². The van der Waals surface area contributed by atoms with E-state index in [0.717, 1.165) is 32.3 Å². The second-order valence-corrected chi connectivity index (χ2v) is 6.62. The van der Waals surface area contributed by atoms with Crippen LogP contribution in [0.25, 0.3) is 15.9 Å². The van der Waals surface area contributed by atoms with Crippen molar-refractivity contribution in [3.8, 4) is 0 Å². The lowest BCUT2D eigenvalue weighted by atomic mass is 10.3. The zero-order chi connectivity index (χ0) is 14.2. The highest BCUT2D eigenvalue weighted by molar-refractivity contribution is 7.98. The molecule has 6 heteroatoms. The van der Waals surface area contributed by atoms with Gasteiger partial charge in [-0.15, -0.1) is 11.3 Å². The summed E-state index contributed by atoms with van der Waals surface area (Å²) in [5, 5.41) is 4.21. The van der Waals surface area contributed by atoms with E-state index in [1.807, 2.05) is 12.3 Å². The molecule has 0 fully saturated rings. The predicted octanol–water partition coefficient (Wildman–Crippen LogP) is 3.94. The van der Waals surface area contributed by atoms with Crippen LogP contribution in [0.1, 0.15) is 11.3 Å². The van der Waals surface area contributed by atoms with Crippen LogP contribution in [-0.2, 0) is 5.75 Å². The molecule has 0 saturated carbocycles. The number of imidazole rings is 1. The normalized spacial score (nSPS) is 11.5. The minimum Gasteiger partial charge on any atom is -0.307 e. The summed E-state index contributed by atoms with van der Waals surface area (Å²) in [5.74, 6) is 0.809. The quantitative estimate of drug-likeness (QED) is 0.424. The number of hydrogen-bond acceptors (Lipinski definition) is 5. The van der Waals surface area contributed by atoms with E-state index in [4.69, 9.17) is 4.98 Å². The Balaban J connectivity index is 1.63. The van der Waals surface area contributed by atoms with Gasteiger partial charge in [0.15, 0.2) is 0 Å². The van der Waals surface area contributed by atoms with Crippen LogP contribution in [0, 0.1) is 6.92 Å². The summed E-state index contributed by atoms with van der Waals surface area (Å²) in [7, 11) is 0. The summed E-state index contributed by atoms with van der Waals surface area (Å²) in [6.45, 7) is 2.08. The van der Waals surface area contributed by atoms with Gasteiger partial charge >= 0.3 is 0 Å². The van der Waals surface area contributed by atoms with Crippen molar-refractivity contribution in [3.63, 3.8) is 0 Å². The first-order valence-corrected chi connectivity index (χ1v) is 8.42. The first kappa shape index (κ1) is 12.8. The van der Waals surface area contributed by atoms with E-state index < -0.39 is 0 Å². The van der Waals surface area contributed by atoms with Crippen molar-refractivity contribution in [2.24, 2.45) is 0 Å². The summed E-state index contributed by atoms with van der Waals surface area (Å²) in [4.78, 5) is 14.4. The third-order valence-corrected chi connectivity index (χ3v) is 5.17. The summed E-state index contributed by atoms with van der Waals surface area (Å²) in [6, 6.07) is 6.20. The molecule has 0 saturated heterocycles. The number of thiophene rings is 1. The first-order chi connectivity index (χ1) is 10.3. The molecule has 104 valence electrons. The number of nitrogens with zero attached hydrogens (tertiary/aromatic N) is 4. The molecule has 0 aliphatic carbocycles. The van der Waals surface area contributed by atoms with E-state index >= 15 is 0 Å². The van der Waals surface area contributed by atoms with E-state index in [0.29, 0.717) is 0 Å². The van der Waals surface area contributed by atoms with Gasteiger partial charge in [-0.05, 0) is 30.0 Å². The summed E-state index contributed by atoms with van der Waals surface area (Å²) in [6.07, 6.45) is 5.75. The largest absolute Gasteiger partial charge is 0.307 e. The second kappa shape index (κ2) is 5.13. The topological polar surface area (TPSA) is 43.1 Å². The molecular formula is C15H12N4S2. The van der Waals surface area contributed by atoms with Gasteiger partial charge in [-0.3, -0.25) is 0 Å². The lowest BCUT2D eigenvalue weighted by molar-refractivity contribution is 1.10. The molecule has 0 aromatic carbocycles. The zero-order valence-corrected chi connectivity index (χ0v) is 13.0. The van der Waals surface area contributed by atoms with E-state index in [2.05, 4.69) is 45.0 Å². The van der Waals surface area contributed by atoms with Gasteiger partial charge in [0.05, 0.1) is 5.69 Å². The molecule has 0 aliphatic heterocycles. The van der Waals surface area contributed by atoms with Gasteiger partial charge in [-0.1, -0.05) is 17.8 Å². The predicted molar refractivity (Wildman–Crippen MR) is 86.9 cm³/mol. The van der Waals surface area contributed by atoms with Crippen molar-refractivity contribution < 1.29 is 0 Å². The molecule has 4 heterocycles. The number of hydrogen-bond donors (Lipinski definition) is 0. The van der Waals surface area contributed by atoms with Crippen molar-refractivity contribution in [1.29, 1.82) is 0 Å². The molecule has 4 aromatic rings. The number of aryl methyl sites for hydroxylation is 1. The molecular weight excluding hydrogens is 300 g/mol. The van der Waals surface area contributed by atoms with Gasteiger partial charge in [-0.25, -0.2) is 15.0 Å². The Labute approximate surface area is 129 Å². The molecule has 21 heavy (non-hydrogen) atoms. The molecule has 0 radical (unpaired) electrons. The lowest BCUT2D eigenvalue weighted by Gasteiger charge is -1.99. The highest BCUT2D eigenvalue weighted by Gasteiger charge is 2.08. The number of thioether (sulfide) groups is 1. The monoisotopic (exact) mass is 312 g/mol. The number of aromatic nitrogens is 4. The number of pyridine rings is 1. The number of rotatable bonds is 3. The fourth-order valence-electron chi connectivity index (χ4n) is 2.30. The fourth-order valence-corrected chi connectivity index (χ4v) is 3.96. The Morgan fingerprint density at radius 2 is 2.24 bits per heavy atom. The van der Waals surface area contributed by atoms with Crippen molar-refractivity contribution in [3.05, 3.63) is 53.6 Å². The van der Waals surface area contributed by atoms with Gasteiger partial charge in [0, 0.05) is 23.5 Å². The van der Waals surface area contributed by atoms with Crippen LogP contribution in [0.4, 0.5) is 0 Å². The lowest BCUT2D eigenvalue weighted by Crippen LogP contribution is -1.85. The zero-order valence-electron chi connectivity index (χ0n) is 11.4. The van der Waals surface area contributed by atoms with Crippen LogP contribution in [0.5, 0.6) is 0 Å². The second-order valence-electron chi connectivity index (χ2n) is 4.76. The molecule has 0 N–H and O–H groups in total. The molecule has 4 aromatic heterocycles. The van der Waals surface area contributed by atoms with Crippen LogP contribution < -0.4 is 0 Å². The van der Waals surface area contributed by atoms with Crippen molar-refractivity contribution >= 4 is 39.0 Å².